The highest BCUT2D eigenvalue weighted by atomic mass is 16.5. The second-order valence-corrected chi connectivity index (χ2v) is 9.80. The summed E-state index contributed by atoms with van der Waals surface area (Å²) in [5.41, 5.74) is 4.75. The van der Waals surface area contributed by atoms with Gasteiger partial charge in [-0.1, -0.05) is 30.3 Å². The predicted molar refractivity (Wildman–Crippen MR) is 124 cm³/mol. The third-order valence-corrected chi connectivity index (χ3v) is 7.57. The molecule has 2 aromatic carbocycles. The first kappa shape index (κ1) is 20.6. The number of hydrogen-bond donors (Lipinski definition) is 2. The lowest BCUT2D eigenvalue weighted by molar-refractivity contribution is 0.0757. The van der Waals surface area contributed by atoms with Crippen molar-refractivity contribution >= 4 is 11.6 Å². The Kier molecular flexibility index (Phi) is 5.75. The molecule has 0 saturated heterocycles. The number of ether oxygens (including phenoxy) is 1. The summed E-state index contributed by atoms with van der Waals surface area (Å²) in [6.07, 6.45) is 5.10. The van der Waals surface area contributed by atoms with Gasteiger partial charge in [-0.25, -0.2) is 0 Å². The van der Waals surface area contributed by atoms with Crippen molar-refractivity contribution in [3.05, 3.63) is 65.2 Å². The van der Waals surface area contributed by atoms with Crippen LogP contribution in [-0.2, 0) is 4.74 Å². The molecule has 5 rings (SSSR count). The van der Waals surface area contributed by atoms with E-state index in [4.69, 9.17) is 4.74 Å². The first-order valence-electron chi connectivity index (χ1n) is 12.0. The zero-order valence-electron chi connectivity index (χ0n) is 18.6. The average Bonchev–Trinajstić information content (AvgIpc) is 3.41. The maximum atomic E-state index is 12.8. The molecule has 2 bridgehead atoms. The van der Waals surface area contributed by atoms with E-state index in [0.717, 1.165) is 23.8 Å². The first-order chi connectivity index (χ1) is 15.1. The molecule has 1 aliphatic heterocycles. The topological polar surface area (TPSA) is 50.4 Å². The Labute approximate surface area is 185 Å². The summed E-state index contributed by atoms with van der Waals surface area (Å²) in [6.45, 7) is 5.39. The molecule has 2 fully saturated rings. The molecule has 2 saturated carbocycles. The largest absolute Gasteiger partial charge is 0.379 e. The van der Waals surface area contributed by atoms with Crippen LogP contribution in [0, 0.1) is 17.8 Å². The van der Waals surface area contributed by atoms with E-state index < -0.39 is 0 Å². The number of anilines is 1. The predicted octanol–water partition coefficient (Wildman–Crippen LogP) is 5.53. The summed E-state index contributed by atoms with van der Waals surface area (Å²) in [5, 5.41) is 6.93. The van der Waals surface area contributed by atoms with Crippen molar-refractivity contribution in [1.82, 2.24) is 5.32 Å². The van der Waals surface area contributed by atoms with Crippen molar-refractivity contribution in [2.45, 2.75) is 57.6 Å². The number of benzene rings is 2. The summed E-state index contributed by atoms with van der Waals surface area (Å²) >= 11 is 0. The van der Waals surface area contributed by atoms with Gasteiger partial charge in [0.2, 0.25) is 0 Å². The van der Waals surface area contributed by atoms with Gasteiger partial charge in [-0.05, 0) is 92.5 Å². The van der Waals surface area contributed by atoms with Crippen LogP contribution in [-0.4, -0.2) is 25.2 Å². The minimum Gasteiger partial charge on any atom is -0.379 e. The van der Waals surface area contributed by atoms with E-state index >= 15 is 0 Å². The lowest BCUT2D eigenvalue weighted by atomic mass is 9.68. The Balaban J connectivity index is 1.35. The molecule has 1 heterocycles. The standard InChI is InChI=1S/C27H34N2O2/c1-17(2)31-14-6-13-28-27(30)21-11-12-23-22(16-21)24-19-9-10-20(15-19)25(24)26(29-23)18-7-4-3-5-8-18/h3-5,7-8,11-12,16-17,19-20,24-26,29H,6,9-10,13-15H2,1-2H3,(H,28,30)/t19-,20-,24+,25-,26-/m0/s1. The van der Waals surface area contributed by atoms with Gasteiger partial charge in [-0.3, -0.25) is 4.79 Å². The van der Waals surface area contributed by atoms with E-state index in [2.05, 4.69) is 53.1 Å². The van der Waals surface area contributed by atoms with Crippen molar-refractivity contribution in [2.75, 3.05) is 18.5 Å². The monoisotopic (exact) mass is 418 g/mol. The van der Waals surface area contributed by atoms with Crippen LogP contribution < -0.4 is 10.6 Å². The summed E-state index contributed by atoms with van der Waals surface area (Å²) in [5.74, 6) is 2.76. The number of carbonyl (C=O) groups excluding carboxylic acids is 1. The number of rotatable bonds is 7. The highest BCUT2D eigenvalue weighted by Gasteiger charge is 2.53. The molecule has 5 atom stereocenters. The average molecular weight is 419 g/mol. The van der Waals surface area contributed by atoms with Crippen molar-refractivity contribution < 1.29 is 9.53 Å². The molecule has 2 aliphatic carbocycles. The van der Waals surface area contributed by atoms with Crippen molar-refractivity contribution in [2.24, 2.45) is 17.8 Å². The summed E-state index contributed by atoms with van der Waals surface area (Å²) < 4.78 is 5.57. The van der Waals surface area contributed by atoms with Crippen LogP contribution >= 0.6 is 0 Å². The molecule has 164 valence electrons. The molecule has 1 amide bonds. The summed E-state index contributed by atoms with van der Waals surface area (Å²) in [6, 6.07) is 17.6. The van der Waals surface area contributed by atoms with Crippen LogP contribution in [0.25, 0.3) is 0 Å². The second-order valence-electron chi connectivity index (χ2n) is 9.80. The molecule has 0 spiro atoms. The number of hydrogen-bond acceptors (Lipinski definition) is 3. The van der Waals surface area contributed by atoms with Crippen LogP contribution in [0.2, 0.25) is 0 Å². The first-order valence-corrected chi connectivity index (χ1v) is 12.0. The second kappa shape index (κ2) is 8.66. The molecule has 0 radical (unpaired) electrons. The summed E-state index contributed by atoms with van der Waals surface area (Å²) in [4.78, 5) is 12.8. The molecule has 4 heteroatoms. The van der Waals surface area contributed by atoms with Crippen molar-refractivity contribution in [3.8, 4) is 0 Å². The minimum absolute atomic E-state index is 0.0252. The quantitative estimate of drug-likeness (QED) is 0.582. The van der Waals surface area contributed by atoms with Gasteiger partial charge >= 0.3 is 0 Å². The van der Waals surface area contributed by atoms with Gasteiger partial charge in [0.25, 0.3) is 5.91 Å². The minimum atomic E-state index is 0.0252. The van der Waals surface area contributed by atoms with Crippen molar-refractivity contribution in [1.29, 1.82) is 0 Å². The fourth-order valence-corrected chi connectivity index (χ4v) is 6.31. The van der Waals surface area contributed by atoms with Gasteiger partial charge < -0.3 is 15.4 Å². The van der Waals surface area contributed by atoms with Gasteiger partial charge in [0.1, 0.15) is 0 Å². The Morgan fingerprint density at radius 1 is 1.13 bits per heavy atom. The van der Waals surface area contributed by atoms with E-state index in [1.807, 2.05) is 19.9 Å². The van der Waals surface area contributed by atoms with Crippen LogP contribution in [0.4, 0.5) is 5.69 Å². The third kappa shape index (κ3) is 3.98. The Morgan fingerprint density at radius 2 is 1.94 bits per heavy atom. The highest BCUT2D eigenvalue weighted by Crippen LogP contribution is 2.63. The van der Waals surface area contributed by atoms with Crippen LogP contribution in [0.5, 0.6) is 0 Å². The van der Waals surface area contributed by atoms with Gasteiger partial charge in [0.05, 0.1) is 12.1 Å². The molecule has 3 aliphatic rings. The smallest absolute Gasteiger partial charge is 0.251 e. The Bertz CT molecular complexity index is 926. The van der Waals surface area contributed by atoms with Crippen molar-refractivity contribution in [3.63, 3.8) is 0 Å². The SMILES string of the molecule is CC(C)OCCCNC(=O)c1ccc2c(c1)[C@H]1[C@H]3CC[C@@H](C3)[C@@H]1[C@H](c1ccccc1)N2. The zero-order chi connectivity index (χ0) is 21.4. The molecule has 31 heavy (non-hydrogen) atoms. The zero-order valence-corrected chi connectivity index (χ0v) is 18.6. The number of nitrogens with one attached hydrogen (secondary N) is 2. The van der Waals surface area contributed by atoms with E-state index in [-0.39, 0.29) is 12.0 Å². The Morgan fingerprint density at radius 3 is 2.74 bits per heavy atom. The lowest BCUT2D eigenvalue weighted by Gasteiger charge is -2.43. The van der Waals surface area contributed by atoms with Gasteiger partial charge in [0.15, 0.2) is 0 Å². The molecule has 0 unspecified atom stereocenters. The van der Waals surface area contributed by atoms with Gasteiger partial charge in [-0.15, -0.1) is 0 Å². The molecule has 4 nitrogen and oxygen atoms in total. The molecule has 0 aromatic heterocycles. The van der Waals surface area contributed by atoms with Crippen LogP contribution in [0.3, 0.4) is 0 Å². The number of amides is 1. The van der Waals surface area contributed by atoms with E-state index in [1.54, 1.807) is 0 Å². The van der Waals surface area contributed by atoms with Gasteiger partial charge in [-0.2, -0.15) is 0 Å². The summed E-state index contributed by atoms with van der Waals surface area (Å²) in [7, 11) is 0. The number of carbonyl (C=O) groups is 1. The van der Waals surface area contributed by atoms with E-state index in [0.29, 0.717) is 31.0 Å². The van der Waals surface area contributed by atoms with E-state index in [9.17, 15) is 4.79 Å². The van der Waals surface area contributed by atoms with Gasteiger partial charge in [0, 0.05) is 24.4 Å². The lowest BCUT2D eigenvalue weighted by Crippen LogP contribution is -2.35. The molecule has 2 aromatic rings. The molecular formula is C27H34N2O2. The number of fused-ring (bicyclic) bond motifs is 7. The third-order valence-electron chi connectivity index (χ3n) is 7.57. The van der Waals surface area contributed by atoms with Crippen LogP contribution in [0.1, 0.15) is 73.0 Å². The highest BCUT2D eigenvalue weighted by molar-refractivity contribution is 5.95. The Hall–Kier alpha value is -2.33. The molecular weight excluding hydrogens is 384 g/mol. The molecule has 2 N–H and O–H groups in total. The van der Waals surface area contributed by atoms with E-state index in [1.165, 1.54) is 36.1 Å². The normalized spacial score (nSPS) is 28.2. The maximum Gasteiger partial charge on any atom is 0.251 e. The van der Waals surface area contributed by atoms with Crippen LogP contribution in [0.15, 0.2) is 48.5 Å². The maximum absolute atomic E-state index is 12.8. The fraction of sp³-hybridized carbons (Fsp3) is 0.519. The fourth-order valence-electron chi connectivity index (χ4n) is 6.31.